The second kappa shape index (κ2) is 4.58. The molecule has 0 spiro atoms. The van der Waals surface area contributed by atoms with Crippen molar-refractivity contribution in [2.24, 2.45) is 18.7 Å². The van der Waals surface area contributed by atoms with Crippen molar-refractivity contribution in [2.75, 3.05) is 13.1 Å². The lowest BCUT2D eigenvalue weighted by molar-refractivity contribution is 0.318. The van der Waals surface area contributed by atoms with E-state index in [4.69, 9.17) is 5.73 Å². The van der Waals surface area contributed by atoms with E-state index in [1.165, 1.54) is 5.56 Å². The molecule has 1 fully saturated rings. The predicted octanol–water partition coefficient (Wildman–Crippen LogP) is 1.06. The summed E-state index contributed by atoms with van der Waals surface area (Å²) >= 11 is 0. The molecule has 0 radical (unpaired) electrons. The Bertz CT molecular complexity index is 593. The third kappa shape index (κ3) is 2.24. The van der Waals surface area contributed by atoms with Crippen LogP contribution in [0.25, 0.3) is 11.0 Å². The molecule has 1 aliphatic heterocycles. The van der Waals surface area contributed by atoms with Crippen LogP contribution in [0.5, 0.6) is 0 Å². The molecule has 2 aromatic heterocycles. The Morgan fingerprint density at radius 3 is 2.89 bits per heavy atom. The van der Waals surface area contributed by atoms with Gasteiger partial charge in [-0.15, -0.1) is 0 Å². The van der Waals surface area contributed by atoms with Gasteiger partial charge in [0.2, 0.25) is 0 Å². The number of aromatic nitrogens is 3. The van der Waals surface area contributed by atoms with Gasteiger partial charge in [-0.2, -0.15) is 5.10 Å². The predicted molar refractivity (Wildman–Crippen MR) is 75.7 cm³/mol. The summed E-state index contributed by atoms with van der Waals surface area (Å²) in [4.78, 5) is 6.93. The lowest BCUT2D eigenvalue weighted by Crippen LogP contribution is -2.28. The summed E-state index contributed by atoms with van der Waals surface area (Å²) in [5.74, 6) is 0.580. The largest absolute Gasteiger partial charge is 0.326 e. The van der Waals surface area contributed by atoms with Crippen LogP contribution in [0.15, 0.2) is 12.3 Å². The standard InChI is InChI=1S/C14H21N5/c1-9-6-19(8-13(9)15)7-11-4-12-10(2)17-18(3)14(12)16-5-11/h4-5,9,13H,6-8,15H2,1-3H3. The topological polar surface area (TPSA) is 60.0 Å². The van der Waals surface area contributed by atoms with Crippen molar-refractivity contribution < 1.29 is 0 Å². The second-order valence-corrected chi connectivity index (χ2v) is 5.76. The maximum atomic E-state index is 6.07. The van der Waals surface area contributed by atoms with Gasteiger partial charge in [0.25, 0.3) is 0 Å². The first-order valence-electron chi connectivity index (χ1n) is 6.81. The zero-order chi connectivity index (χ0) is 13.6. The first-order chi connectivity index (χ1) is 9.04. The molecule has 3 rings (SSSR count). The summed E-state index contributed by atoms with van der Waals surface area (Å²) in [7, 11) is 1.93. The van der Waals surface area contributed by atoms with Crippen molar-refractivity contribution >= 4 is 11.0 Å². The fraction of sp³-hybridized carbons (Fsp3) is 0.571. The molecule has 5 nitrogen and oxygen atoms in total. The highest BCUT2D eigenvalue weighted by atomic mass is 15.3. The highest BCUT2D eigenvalue weighted by molar-refractivity contribution is 5.78. The normalized spacial score (nSPS) is 24.4. The van der Waals surface area contributed by atoms with Crippen molar-refractivity contribution in [1.82, 2.24) is 19.7 Å². The van der Waals surface area contributed by atoms with E-state index in [9.17, 15) is 0 Å². The van der Waals surface area contributed by atoms with E-state index in [0.717, 1.165) is 36.4 Å². The molecule has 2 N–H and O–H groups in total. The molecule has 0 bridgehead atoms. The maximum Gasteiger partial charge on any atom is 0.157 e. The van der Waals surface area contributed by atoms with Crippen LogP contribution in [-0.4, -0.2) is 38.8 Å². The van der Waals surface area contributed by atoms with Gasteiger partial charge in [0.1, 0.15) is 0 Å². The number of nitrogens with two attached hydrogens (primary N) is 1. The van der Waals surface area contributed by atoms with E-state index < -0.39 is 0 Å². The fourth-order valence-electron chi connectivity index (χ4n) is 2.92. The van der Waals surface area contributed by atoms with E-state index in [1.807, 2.05) is 24.9 Å². The van der Waals surface area contributed by atoms with Crippen molar-refractivity contribution in [3.05, 3.63) is 23.5 Å². The third-order valence-electron chi connectivity index (χ3n) is 4.07. The number of fused-ring (bicyclic) bond motifs is 1. The highest BCUT2D eigenvalue weighted by Gasteiger charge is 2.26. The number of likely N-dealkylation sites (tertiary alicyclic amines) is 1. The number of rotatable bonds is 2. The minimum Gasteiger partial charge on any atom is -0.326 e. The average Bonchev–Trinajstić information content (AvgIpc) is 2.81. The Balaban J connectivity index is 1.84. The molecule has 0 saturated carbocycles. The van der Waals surface area contributed by atoms with Crippen molar-refractivity contribution in [3.63, 3.8) is 0 Å². The molecule has 19 heavy (non-hydrogen) atoms. The van der Waals surface area contributed by atoms with Crippen LogP contribution in [0, 0.1) is 12.8 Å². The van der Waals surface area contributed by atoms with Crippen LogP contribution in [0.3, 0.4) is 0 Å². The molecule has 2 unspecified atom stereocenters. The van der Waals surface area contributed by atoms with Crippen LogP contribution in [0.4, 0.5) is 0 Å². The smallest absolute Gasteiger partial charge is 0.157 e. The first-order valence-corrected chi connectivity index (χ1v) is 6.81. The van der Waals surface area contributed by atoms with Crippen LogP contribution >= 0.6 is 0 Å². The van der Waals surface area contributed by atoms with Crippen LogP contribution in [0.1, 0.15) is 18.2 Å². The molecule has 2 aromatic rings. The van der Waals surface area contributed by atoms with E-state index in [0.29, 0.717) is 12.0 Å². The molecule has 2 atom stereocenters. The monoisotopic (exact) mass is 259 g/mol. The minimum atomic E-state index is 0.303. The highest BCUT2D eigenvalue weighted by Crippen LogP contribution is 2.20. The van der Waals surface area contributed by atoms with Crippen LogP contribution in [0.2, 0.25) is 0 Å². The Morgan fingerprint density at radius 1 is 1.42 bits per heavy atom. The van der Waals surface area contributed by atoms with Gasteiger partial charge in [-0.25, -0.2) is 4.98 Å². The molecule has 0 amide bonds. The molecule has 1 saturated heterocycles. The van der Waals surface area contributed by atoms with Gasteiger partial charge in [-0.1, -0.05) is 6.92 Å². The average molecular weight is 259 g/mol. The van der Waals surface area contributed by atoms with Crippen LogP contribution in [-0.2, 0) is 13.6 Å². The van der Waals surface area contributed by atoms with Gasteiger partial charge in [0, 0.05) is 44.3 Å². The number of hydrogen-bond donors (Lipinski definition) is 1. The maximum absolute atomic E-state index is 6.07. The Morgan fingerprint density at radius 2 is 2.21 bits per heavy atom. The van der Waals surface area contributed by atoms with Crippen LogP contribution < -0.4 is 5.73 Å². The van der Waals surface area contributed by atoms with Gasteiger partial charge in [0.15, 0.2) is 5.65 Å². The molecule has 3 heterocycles. The Labute approximate surface area is 113 Å². The molecule has 5 heteroatoms. The summed E-state index contributed by atoms with van der Waals surface area (Å²) in [5.41, 5.74) is 9.30. The van der Waals surface area contributed by atoms with Gasteiger partial charge in [0.05, 0.1) is 5.69 Å². The number of pyridine rings is 1. The van der Waals surface area contributed by atoms with Crippen molar-refractivity contribution in [3.8, 4) is 0 Å². The summed E-state index contributed by atoms with van der Waals surface area (Å²) in [5, 5.41) is 5.56. The minimum absolute atomic E-state index is 0.303. The second-order valence-electron chi connectivity index (χ2n) is 5.76. The molecular weight excluding hydrogens is 238 g/mol. The van der Waals surface area contributed by atoms with Gasteiger partial charge >= 0.3 is 0 Å². The molecule has 1 aliphatic rings. The van der Waals surface area contributed by atoms with E-state index in [1.54, 1.807) is 0 Å². The zero-order valence-electron chi connectivity index (χ0n) is 11.8. The van der Waals surface area contributed by atoms with E-state index in [-0.39, 0.29) is 0 Å². The quantitative estimate of drug-likeness (QED) is 0.876. The SMILES string of the molecule is Cc1nn(C)c2ncc(CN3CC(C)C(N)C3)cc12. The Hall–Kier alpha value is -1.46. The third-order valence-corrected chi connectivity index (χ3v) is 4.07. The zero-order valence-corrected chi connectivity index (χ0v) is 11.8. The molecule has 0 aromatic carbocycles. The van der Waals surface area contributed by atoms with E-state index in [2.05, 4.69) is 28.0 Å². The summed E-state index contributed by atoms with van der Waals surface area (Å²) < 4.78 is 1.84. The van der Waals surface area contributed by atoms with E-state index >= 15 is 0 Å². The summed E-state index contributed by atoms with van der Waals surface area (Å²) in [6.07, 6.45) is 1.96. The number of nitrogens with zero attached hydrogens (tertiary/aromatic N) is 4. The van der Waals surface area contributed by atoms with Crippen molar-refractivity contribution in [2.45, 2.75) is 26.4 Å². The fourth-order valence-corrected chi connectivity index (χ4v) is 2.92. The molecule has 0 aliphatic carbocycles. The number of hydrogen-bond acceptors (Lipinski definition) is 4. The van der Waals surface area contributed by atoms with Gasteiger partial charge in [-0.3, -0.25) is 9.58 Å². The van der Waals surface area contributed by atoms with Gasteiger partial charge < -0.3 is 5.73 Å². The molecular formula is C14H21N5. The molecule has 102 valence electrons. The Kier molecular flexibility index (Phi) is 3.03. The van der Waals surface area contributed by atoms with Crippen molar-refractivity contribution in [1.29, 1.82) is 0 Å². The first kappa shape index (κ1) is 12.6. The summed E-state index contributed by atoms with van der Waals surface area (Å²) in [6, 6.07) is 2.51. The summed E-state index contributed by atoms with van der Waals surface area (Å²) in [6.45, 7) is 7.23. The lowest BCUT2D eigenvalue weighted by Gasteiger charge is -2.14. The number of aryl methyl sites for hydroxylation is 2. The van der Waals surface area contributed by atoms with Gasteiger partial charge in [-0.05, 0) is 24.5 Å². The lowest BCUT2D eigenvalue weighted by atomic mass is 10.1.